The van der Waals surface area contributed by atoms with Crippen molar-refractivity contribution in [1.82, 2.24) is 0 Å². The lowest BCUT2D eigenvalue weighted by molar-refractivity contribution is -0.276. The normalized spacial score (nSPS) is 19.5. The van der Waals surface area contributed by atoms with Crippen molar-refractivity contribution in [3.63, 3.8) is 0 Å². The molecule has 0 radical (unpaired) electrons. The molecule has 0 unspecified atom stereocenters. The highest BCUT2D eigenvalue weighted by Crippen LogP contribution is 2.53. The van der Waals surface area contributed by atoms with Crippen LogP contribution in [-0.2, 0) is 25.4 Å². The van der Waals surface area contributed by atoms with Crippen LogP contribution in [0.1, 0.15) is 53.4 Å². The Hall–Kier alpha value is -8.30. The van der Waals surface area contributed by atoms with E-state index in [1.54, 1.807) is 30.3 Å². The average Bonchev–Trinajstić information content (AvgIpc) is 3.25. The maximum Gasteiger partial charge on any atom is 0.339 e. The second-order valence-corrected chi connectivity index (χ2v) is 14.1. The Morgan fingerprint density at radius 3 is 1.76 bits per heavy atom. The minimum atomic E-state index is -2.30. The van der Waals surface area contributed by atoms with E-state index in [0.29, 0.717) is 24.3 Å². The molecule has 328 valence electrons. The highest BCUT2D eigenvalue weighted by Gasteiger charge is 2.52. The number of aliphatic hydroxyl groups is 1. The Balaban J connectivity index is 1.29. The molecular weight excluding hydrogens is 840 g/mol. The molecule has 0 bridgehead atoms. The zero-order chi connectivity index (χ0) is 45.6. The summed E-state index contributed by atoms with van der Waals surface area (Å²) >= 11 is 0. The van der Waals surface area contributed by atoms with Crippen LogP contribution in [0.25, 0.3) is 11.1 Å². The fourth-order valence-electron chi connectivity index (χ4n) is 6.96. The molecule has 21 heteroatoms. The number of cyclic esters (lactones) is 1. The van der Waals surface area contributed by atoms with Crippen LogP contribution in [0, 0.1) is 0 Å². The molecule has 5 aromatic carbocycles. The number of ether oxygens (including phenoxy) is 5. The molecular formula is C42H34O21. The first kappa shape index (κ1) is 42.8. The number of rotatable bonds is 8. The molecule has 1 saturated heterocycles. The number of aliphatic hydroxyl groups excluding tert-OH is 1. The van der Waals surface area contributed by atoms with Crippen molar-refractivity contribution in [3.8, 4) is 80.1 Å². The molecule has 2 aliphatic rings. The van der Waals surface area contributed by atoms with Crippen LogP contribution in [0.4, 0.5) is 0 Å². The van der Waals surface area contributed by atoms with E-state index in [1.807, 2.05) is 0 Å². The summed E-state index contributed by atoms with van der Waals surface area (Å²) < 4.78 is 28.1. The van der Waals surface area contributed by atoms with Gasteiger partial charge in [0.05, 0.1) is 16.7 Å². The van der Waals surface area contributed by atoms with Crippen molar-refractivity contribution in [2.75, 3.05) is 6.61 Å². The second-order valence-electron chi connectivity index (χ2n) is 14.1. The Bertz CT molecular complexity index is 2630. The van der Waals surface area contributed by atoms with Gasteiger partial charge in [-0.25, -0.2) is 14.4 Å². The molecule has 0 spiro atoms. The molecule has 2 aliphatic heterocycles. The Kier molecular flexibility index (Phi) is 11.3. The predicted octanol–water partition coefficient (Wildman–Crippen LogP) is 3.02. The van der Waals surface area contributed by atoms with Crippen LogP contribution < -0.4 is 4.74 Å². The van der Waals surface area contributed by atoms with Crippen LogP contribution in [-0.4, -0.2) is 122 Å². The van der Waals surface area contributed by atoms with Crippen LogP contribution in [0.5, 0.6) is 69.0 Å². The van der Waals surface area contributed by atoms with Gasteiger partial charge in [-0.1, -0.05) is 30.3 Å². The van der Waals surface area contributed by atoms with E-state index in [2.05, 4.69) is 0 Å². The Labute approximate surface area is 352 Å². The van der Waals surface area contributed by atoms with Gasteiger partial charge >= 0.3 is 17.9 Å². The Morgan fingerprint density at radius 2 is 1.19 bits per heavy atom. The van der Waals surface area contributed by atoms with Gasteiger partial charge in [-0.05, 0) is 36.2 Å². The molecule has 21 nitrogen and oxygen atoms in total. The number of phenols is 11. The van der Waals surface area contributed by atoms with Crippen molar-refractivity contribution < 1.29 is 104 Å². The first-order valence-corrected chi connectivity index (χ1v) is 18.4. The average molecular weight is 875 g/mol. The summed E-state index contributed by atoms with van der Waals surface area (Å²) in [5.41, 5.74) is -4.07. The third-order valence-electron chi connectivity index (χ3n) is 10.1. The monoisotopic (exact) mass is 874 g/mol. The fourth-order valence-corrected chi connectivity index (χ4v) is 6.96. The molecule has 5 atom stereocenters. The number of esters is 3. The van der Waals surface area contributed by atoms with Crippen LogP contribution in [0.15, 0.2) is 66.7 Å². The Morgan fingerprint density at radius 1 is 0.651 bits per heavy atom. The quantitative estimate of drug-likeness (QED) is 0.0461. The highest BCUT2D eigenvalue weighted by atomic mass is 16.7. The first-order valence-electron chi connectivity index (χ1n) is 18.4. The van der Waals surface area contributed by atoms with Gasteiger partial charge in [0.25, 0.3) is 0 Å². The predicted molar refractivity (Wildman–Crippen MR) is 206 cm³/mol. The lowest BCUT2D eigenvalue weighted by Crippen LogP contribution is -2.62. The van der Waals surface area contributed by atoms with Crippen LogP contribution in [0.3, 0.4) is 0 Å². The summed E-state index contributed by atoms with van der Waals surface area (Å²) in [7, 11) is 0. The van der Waals surface area contributed by atoms with Gasteiger partial charge in [-0.2, -0.15) is 0 Å². The molecule has 7 rings (SSSR count). The van der Waals surface area contributed by atoms with E-state index in [9.17, 15) is 80.5 Å². The number of aromatic hydroxyl groups is 11. The molecule has 2 heterocycles. The number of hydrogen-bond donors (Lipinski definition) is 12. The molecule has 0 aromatic heterocycles. The lowest BCUT2D eigenvalue weighted by atomic mass is 9.92. The summed E-state index contributed by atoms with van der Waals surface area (Å²) in [6, 6.07) is 13.0. The standard InChI is InChI=1S/C42H34O21/c43-20(7-6-15-4-2-1-3-5-15)30-21(44)10-17(11-22(30)45)60-42-36(55)38(63-39(56)16-8-23(46)31(50)24(47)9-16)37-27(61-42)14-59-40(57)18-12-25(48)32(51)34(53)28(18)29-19(41(58)62-37)13-26(49)33(52)35(29)54/h1-5,8-13,27,36-38,42,44-55H,6-7,14H2/t27-,36-,37-,38-,42-/m0/s1. The number of ketones is 1. The third kappa shape index (κ3) is 8.03. The minimum Gasteiger partial charge on any atom is -0.507 e. The van der Waals surface area contributed by atoms with Crippen molar-refractivity contribution >= 4 is 23.7 Å². The SMILES string of the molecule is O=C(O[C@H]1[C@H](O)[C@@H](Oc2cc(O)c(C(=O)CCc3ccccc3)c(O)c2)O[C@H]2COC(=O)c3cc(O)c(O)c(O)c3-c3c(cc(O)c(O)c3O)C(=O)O[C@H]12)c1cc(O)c(O)c(O)c1. The summed E-state index contributed by atoms with van der Waals surface area (Å²) in [6.07, 6.45) is -10.5. The zero-order valence-electron chi connectivity index (χ0n) is 31.9. The van der Waals surface area contributed by atoms with E-state index in [1.165, 1.54) is 0 Å². The largest absolute Gasteiger partial charge is 0.507 e. The number of Topliss-reactive ketones (excluding diaryl/α,β-unsaturated/α-hetero) is 1. The van der Waals surface area contributed by atoms with E-state index >= 15 is 0 Å². The van der Waals surface area contributed by atoms with Gasteiger partial charge in [0.1, 0.15) is 35.5 Å². The minimum absolute atomic E-state index is 0.129. The van der Waals surface area contributed by atoms with E-state index in [0.717, 1.165) is 17.7 Å². The molecule has 5 aromatic rings. The van der Waals surface area contributed by atoms with Gasteiger partial charge in [0.2, 0.25) is 17.8 Å². The maximum atomic E-state index is 14.1. The molecule has 0 amide bonds. The van der Waals surface area contributed by atoms with E-state index in [-0.39, 0.29) is 12.8 Å². The summed E-state index contributed by atoms with van der Waals surface area (Å²) in [5, 5.41) is 127. The van der Waals surface area contributed by atoms with Crippen LogP contribution in [0.2, 0.25) is 0 Å². The smallest absolute Gasteiger partial charge is 0.339 e. The molecule has 1 fully saturated rings. The van der Waals surface area contributed by atoms with E-state index in [4.69, 9.17) is 23.7 Å². The summed E-state index contributed by atoms with van der Waals surface area (Å²) in [5.74, 6) is -17.9. The number of hydrogen-bond acceptors (Lipinski definition) is 21. The number of phenolic OH excluding ortho intramolecular Hbond substituents is 11. The van der Waals surface area contributed by atoms with Gasteiger partial charge in [0, 0.05) is 29.7 Å². The topological polar surface area (TPSA) is 357 Å². The van der Waals surface area contributed by atoms with Crippen molar-refractivity contribution in [3.05, 3.63) is 94.5 Å². The van der Waals surface area contributed by atoms with Gasteiger partial charge in [0.15, 0.2) is 64.3 Å². The van der Waals surface area contributed by atoms with E-state index < -0.39 is 163 Å². The number of carbonyl (C=O) groups is 4. The summed E-state index contributed by atoms with van der Waals surface area (Å²) in [4.78, 5) is 54.5. The lowest BCUT2D eigenvalue weighted by Gasteiger charge is -2.43. The van der Waals surface area contributed by atoms with Gasteiger partial charge in [-0.15, -0.1) is 0 Å². The first-order chi connectivity index (χ1) is 29.9. The van der Waals surface area contributed by atoms with Gasteiger partial charge in [-0.3, -0.25) is 4.79 Å². The number of aryl methyl sites for hydroxylation is 1. The molecule has 12 N–H and O–H groups in total. The van der Waals surface area contributed by atoms with Gasteiger partial charge < -0.3 is 85.0 Å². The third-order valence-corrected chi connectivity index (χ3v) is 10.1. The second kappa shape index (κ2) is 16.6. The number of carbonyl (C=O) groups excluding carboxylic acids is 4. The number of benzene rings is 5. The van der Waals surface area contributed by atoms with Crippen molar-refractivity contribution in [2.24, 2.45) is 0 Å². The zero-order valence-corrected chi connectivity index (χ0v) is 31.9. The van der Waals surface area contributed by atoms with Crippen molar-refractivity contribution in [1.29, 1.82) is 0 Å². The van der Waals surface area contributed by atoms with Crippen molar-refractivity contribution in [2.45, 2.75) is 43.5 Å². The molecule has 63 heavy (non-hydrogen) atoms. The molecule has 0 aliphatic carbocycles. The van der Waals surface area contributed by atoms with Crippen LogP contribution >= 0.6 is 0 Å². The fraction of sp³-hybridized carbons (Fsp3) is 0.190. The molecule has 0 saturated carbocycles. The summed E-state index contributed by atoms with van der Waals surface area (Å²) in [6.45, 7) is -1.05. The maximum absolute atomic E-state index is 14.1. The highest BCUT2D eigenvalue weighted by molar-refractivity contribution is 6.08. The number of fused-ring (bicyclic) bond motifs is 4.